The zero-order valence-electron chi connectivity index (χ0n) is 7.83. The summed E-state index contributed by atoms with van der Waals surface area (Å²) < 4.78 is 12.6. The third kappa shape index (κ3) is 2.81. The van der Waals surface area contributed by atoms with Gasteiger partial charge in [-0.25, -0.2) is 4.39 Å². The summed E-state index contributed by atoms with van der Waals surface area (Å²) in [6.07, 6.45) is 3.13. The van der Waals surface area contributed by atoms with Crippen LogP contribution in [0.4, 0.5) is 4.39 Å². The fraction of sp³-hybridized carbons (Fsp3) is 0.364. The van der Waals surface area contributed by atoms with Crippen LogP contribution in [0.15, 0.2) is 24.3 Å². The number of rotatable bonds is 4. The minimum absolute atomic E-state index is 0.198. The van der Waals surface area contributed by atoms with E-state index >= 15 is 0 Å². The van der Waals surface area contributed by atoms with Gasteiger partial charge in [-0.05, 0) is 36.6 Å². The smallest absolute Gasteiger partial charge is 0.123 e. The van der Waals surface area contributed by atoms with Crippen LogP contribution < -0.4 is 5.73 Å². The van der Waals surface area contributed by atoms with Crippen molar-refractivity contribution < 1.29 is 4.39 Å². The predicted octanol–water partition coefficient (Wildman–Crippen LogP) is 2.48. The van der Waals surface area contributed by atoms with E-state index in [0.717, 1.165) is 12.0 Å². The molecule has 0 saturated heterocycles. The highest BCUT2D eigenvalue weighted by Gasteiger charge is 2.07. The average Bonchev–Trinajstić information content (AvgIpc) is 2.16. The first-order valence-electron chi connectivity index (χ1n) is 4.56. The lowest BCUT2D eigenvalue weighted by Crippen LogP contribution is -2.12. The van der Waals surface area contributed by atoms with Crippen LogP contribution in [0.2, 0.25) is 0 Å². The monoisotopic (exact) mass is 180 g/mol. The summed E-state index contributed by atoms with van der Waals surface area (Å²) in [4.78, 5) is 0. The van der Waals surface area contributed by atoms with Crippen molar-refractivity contribution in [3.05, 3.63) is 42.1 Å². The van der Waals surface area contributed by atoms with Gasteiger partial charge in [-0.2, -0.15) is 0 Å². The van der Waals surface area contributed by atoms with Crippen LogP contribution in [0.5, 0.6) is 0 Å². The summed E-state index contributed by atoms with van der Waals surface area (Å²) in [7, 11) is 0. The third-order valence-corrected chi connectivity index (χ3v) is 2.07. The zero-order chi connectivity index (χ0) is 9.68. The Balaban J connectivity index is 2.73. The van der Waals surface area contributed by atoms with E-state index in [1.165, 1.54) is 12.1 Å². The lowest BCUT2D eigenvalue weighted by molar-refractivity contribution is 0.625. The van der Waals surface area contributed by atoms with Gasteiger partial charge in [-0.15, -0.1) is 0 Å². The average molecular weight is 180 g/mol. The van der Waals surface area contributed by atoms with Crippen molar-refractivity contribution in [3.63, 3.8) is 0 Å². The number of hydrogen-bond donors (Lipinski definition) is 1. The molecule has 1 nitrogen and oxygen atoms in total. The fourth-order valence-corrected chi connectivity index (χ4v) is 1.36. The molecule has 2 heteroatoms. The van der Waals surface area contributed by atoms with Crippen LogP contribution in [0.3, 0.4) is 0 Å². The second-order valence-electron chi connectivity index (χ2n) is 3.04. The predicted molar refractivity (Wildman–Crippen MR) is 52.8 cm³/mol. The molecule has 0 bridgehead atoms. The van der Waals surface area contributed by atoms with E-state index in [0.29, 0.717) is 6.54 Å². The largest absolute Gasteiger partial charge is 0.330 e. The lowest BCUT2D eigenvalue weighted by atomic mass is 9.95. The highest BCUT2D eigenvalue weighted by atomic mass is 19.1. The first-order chi connectivity index (χ1) is 6.27. The van der Waals surface area contributed by atoms with Crippen molar-refractivity contribution >= 4 is 0 Å². The minimum Gasteiger partial charge on any atom is -0.330 e. The molecular weight excluding hydrogens is 165 g/mol. The minimum atomic E-state index is -0.198. The molecule has 13 heavy (non-hydrogen) atoms. The van der Waals surface area contributed by atoms with Crippen molar-refractivity contribution in [2.24, 2.45) is 5.73 Å². The molecule has 0 aliphatic carbocycles. The molecule has 1 aromatic rings. The topological polar surface area (TPSA) is 26.0 Å². The molecule has 0 heterocycles. The second-order valence-corrected chi connectivity index (χ2v) is 3.04. The van der Waals surface area contributed by atoms with Gasteiger partial charge in [0.15, 0.2) is 0 Å². The van der Waals surface area contributed by atoms with Gasteiger partial charge in [0, 0.05) is 0 Å². The second kappa shape index (κ2) is 4.97. The van der Waals surface area contributed by atoms with Crippen molar-refractivity contribution in [1.82, 2.24) is 0 Å². The Morgan fingerprint density at radius 1 is 1.38 bits per heavy atom. The SMILES string of the molecule is CC[CH]C(CN)c1ccc(F)cc1. The highest BCUT2D eigenvalue weighted by Crippen LogP contribution is 2.19. The molecule has 0 fully saturated rings. The van der Waals surface area contributed by atoms with Gasteiger partial charge in [0.25, 0.3) is 0 Å². The van der Waals surface area contributed by atoms with E-state index < -0.39 is 0 Å². The van der Waals surface area contributed by atoms with E-state index in [9.17, 15) is 4.39 Å². The molecule has 1 rings (SSSR count). The number of benzene rings is 1. The number of nitrogens with two attached hydrogens (primary N) is 1. The van der Waals surface area contributed by atoms with Crippen LogP contribution in [0, 0.1) is 12.2 Å². The van der Waals surface area contributed by atoms with Gasteiger partial charge in [0.05, 0.1) is 0 Å². The van der Waals surface area contributed by atoms with Gasteiger partial charge >= 0.3 is 0 Å². The summed E-state index contributed by atoms with van der Waals surface area (Å²) in [6, 6.07) is 6.53. The Morgan fingerprint density at radius 2 is 2.00 bits per heavy atom. The van der Waals surface area contributed by atoms with Gasteiger partial charge in [0.1, 0.15) is 5.82 Å². The maximum atomic E-state index is 12.6. The molecule has 1 unspecified atom stereocenters. The van der Waals surface area contributed by atoms with Crippen molar-refractivity contribution in [3.8, 4) is 0 Å². The van der Waals surface area contributed by atoms with E-state index in [1.54, 1.807) is 12.1 Å². The third-order valence-electron chi connectivity index (χ3n) is 2.07. The summed E-state index contributed by atoms with van der Waals surface area (Å²) in [5.74, 6) is 0.0571. The van der Waals surface area contributed by atoms with Crippen molar-refractivity contribution in [2.75, 3.05) is 6.54 Å². The Labute approximate surface area is 78.8 Å². The van der Waals surface area contributed by atoms with E-state index in [1.807, 2.05) is 0 Å². The number of hydrogen-bond acceptors (Lipinski definition) is 1. The maximum absolute atomic E-state index is 12.6. The number of halogens is 1. The molecule has 0 aliphatic rings. The Hall–Kier alpha value is -0.890. The van der Waals surface area contributed by atoms with Crippen molar-refractivity contribution in [2.45, 2.75) is 19.3 Å². The molecular formula is C11H15FN. The van der Waals surface area contributed by atoms with E-state index in [4.69, 9.17) is 5.73 Å². The van der Waals surface area contributed by atoms with Crippen molar-refractivity contribution in [1.29, 1.82) is 0 Å². The molecule has 0 spiro atoms. The summed E-state index contributed by atoms with van der Waals surface area (Å²) in [5.41, 5.74) is 6.69. The van der Waals surface area contributed by atoms with E-state index in [-0.39, 0.29) is 11.7 Å². The lowest BCUT2D eigenvalue weighted by Gasteiger charge is -2.13. The molecule has 0 saturated carbocycles. The Morgan fingerprint density at radius 3 is 2.46 bits per heavy atom. The molecule has 0 aliphatic heterocycles. The van der Waals surface area contributed by atoms with Crippen LogP contribution in [-0.4, -0.2) is 6.54 Å². The maximum Gasteiger partial charge on any atom is 0.123 e. The standard InChI is InChI=1S/C11H15FN/c1-2-3-10(8-13)9-4-6-11(12)7-5-9/h3-7,10H,2,8,13H2,1H3. The summed E-state index contributed by atoms with van der Waals surface area (Å²) in [5, 5.41) is 0. The summed E-state index contributed by atoms with van der Waals surface area (Å²) in [6.45, 7) is 2.66. The molecule has 1 atom stereocenters. The first kappa shape index (κ1) is 10.2. The zero-order valence-corrected chi connectivity index (χ0v) is 7.83. The highest BCUT2D eigenvalue weighted by molar-refractivity contribution is 5.23. The van der Waals surface area contributed by atoms with Crippen LogP contribution >= 0.6 is 0 Å². The van der Waals surface area contributed by atoms with Crippen LogP contribution in [0.1, 0.15) is 24.8 Å². The first-order valence-corrected chi connectivity index (χ1v) is 4.56. The van der Waals surface area contributed by atoms with Gasteiger partial charge < -0.3 is 5.73 Å². The van der Waals surface area contributed by atoms with E-state index in [2.05, 4.69) is 13.3 Å². The fourth-order valence-electron chi connectivity index (χ4n) is 1.36. The van der Waals surface area contributed by atoms with Gasteiger partial charge in [-0.3, -0.25) is 0 Å². The molecule has 0 amide bonds. The van der Waals surface area contributed by atoms with Crippen LogP contribution in [-0.2, 0) is 0 Å². The van der Waals surface area contributed by atoms with Gasteiger partial charge in [0.2, 0.25) is 0 Å². The quantitative estimate of drug-likeness (QED) is 0.756. The molecule has 1 radical (unpaired) electrons. The molecule has 0 aromatic heterocycles. The normalized spacial score (nSPS) is 12.8. The Bertz CT molecular complexity index is 243. The Kier molecular flexibility index (Phi) is 3.90. The molecule has 1 aromatic carbocycles. The van der Waals surface area contributed by atoms with Crippen LogP contribution in [0.25, 0.3) is 0 Å². The molecule has 71 valence electrons. The van der Waals surface area contributed by atoms with Gasteiger partial charge in [-0.1, -0.05) is 25.5 Å². The summed E-state index contributed by atoms with van der Waals surface area (Å²) >= 11 is 0. The molecule has 2 N–H and O–H groups in total.